The van der Waals surface area contributed by atoms with E-state index in [1.807, 2.05) is 0 Å². The monoisotopic (exact) mass is 255 g/mol. The van der Waals surface area contributed by atoms with Gasteiger partial charge in [0.15, 0.2) is 0 Å². The molecule has 88 valence electrons. The van der Waals surface area contributed by atoms with E-state index in [0.29, 0.717) is 0 Å². The summed E-state index contributed by atoms with van der Waals surface area (Å²) in [7, 11) is 0. The first-order valence-corrected chi connectivity index (χ1v) is 5.12. The Morgan fingerprint density at radius 3 is 2.00 bits per heavy atom. The van der Waals surface area contributed by atoms with Gasteiger partial charge in [-0.05, 0) is 13.8 Å². The maximum atomic E-state index is 7.57. The minimum absolute atomic E-state index is 0. The van der Waals surface area contributed by atoms with Crippen LogP contribution in [0.1, 0.15) is 13.8 Å². The second-order valence-electron chi connectivity index (χ2n) is 2.79. The van der Waals surface area contributed by atoms with Gasteiger partial charge in [0.2, 0.25) is 0 Å². The van der Waals surface area contributed by atoms with Crippen LogP contribution in [0.2, 0.25) is 0 Å². The third kappa shape index (κ3) is 7.72. The Morgan fingerprint density at radius 1 is 1.00 bits per heavy atom. The Kier molecular flexibility index (Phi) is 14.0. The Morgan fingerprint density at radius 2 is 1.50 bits per heavy atom. The summed E-state index contributed by atoms with van der Waals surface area (Å²) in [5.74, 6) is 0. The first-order valence-electron chi connectivity index (χ1n) is 5.12. The van der Waals surface area contributed by atoms with Gasteiger partial charge in [-0.25, -0.2) is 0 Å². The number of hydrogen-bond donors (Lipinski definition) is 2. The van der Waals surface area contributed by atoms with E-state index in [4.69, 9.17) is 10.2 Å². The van der Waals surface area contributed by atoms with E-state index in [9.17, 15) is 0 Å². The molecule has 2 N–H and O–H groups in total. The SMILES string of the molecule is CCO.CCO.[Ti].c1ccc2[cH-]ccc2c1. The number of aliphatic hydroxyl groups is 2. The maximum Gasteiger partial charge on any atom is 0.0402 e. The van der Waals surface area contributed by atoms with Crippen molar-refractivity contribution in [3.05, 3.63) is 42.5 Å². The molecule has 16 heavy (non-hydrogen) atoms. The summed E-state index contributed by atoms with van der Waals surface area (Å²) in [5, 5.41) is 17.8. The van der Waals surface area contributed by atoms with Crippen LogP contribution in [0.15, 0.2) is 42.5 Å². The largest absolute Gasteiger partial charge is 0.397 e. The molecule has 0 spiro atoms. The molecular formula is C13H19O2Ti-. The number of aliphatic hydroxyl groups excluding tert-OH is 2. The average Bonchev–Trinajstić information content (AvgIpc) is 2.67. The van der Waals surface area contributed by atoms with E-state index in [2.05, 4.69) is 42.5 Å². The van der Waals surface area contributed by atoms with Crippen molar-refractivity contribution in [1.82, 2.24) is 0 Å². The van der Waals surface area contributed by atoms with E-state index in [0.717, 1.165) is 0 Å². The normalized spacial score (nSPS) is 8.00. The van der Waals surface area contributed by atoms with Gasteiger partial charge in [-0.1, -0.05) is 6.07 Å². The van der Waals surface area contributed by atoms with Crippen molar-refractivity contribution in [1.29, 1.82) is 0 Å². The van der Waals surface area contributed by atoms with Crippen molar-refractivity contribution in [3.63, 3.8) is 0 Å². The van der Waals surface area contributed by atoms with E-state index in [1.54, 1.807) is 13.8 Å². The van der Waals surface area contributed by atoms with E-state index >= 15 is 0 Å². The van der Waals surface area contributed by atoms with Crippen LogP contribution >= 0.6 is 0 Å². The van der Waals surface area contributed by atoms with Crippen molar-refractivity contribution < 1.29 is 31.9 Å². The van der Waals surface area contributed by atoms with Gasteiger partial charge in [0.1, 0.15) is 0 Å². The molecule has 0 fully saturated rings. The van der Waals surface area contributed by atoms with Crippen molar-refractivity contribution in [3.8, 4) is 0 Å². The second-order valence-corrected chi connectivity index (χ2v) is 2.79. The number of rotatable bonds is 0. The number of benzene rings is 1. The van der Waals surface area contributed by atoms with E-state index in [1.165, 1.54) is 10.8 Å². The molecule has 2 rings (SSSR count). The van der Waals surface area contributed by atoms with Gasteiger partial charge in [-0.15, -0.1) is 29.7 Å². The number of fused-ring (bicyclic) bond motifs is 1. The summed E-state index contributed by atoms with van der Waals surface area (Å²) in [6, 6.07) is 14.7. The molecule has 3 heteroatoms. The van der Waals surface area contributed by atoms with Crippen LogP contribution in [0.25, 0.3) is 10.8 Å². The third-order valence-electron chi connectivity index (χ3n) is 1.55. The van der Waals surface area contributed by atoms with Crippen LogP contribution in [-0.4, -0.2) is 23.4 Å². The zero-order chi connectivity index (χ0) is 11.5. The summed E-state index contributed by atoms with van der Waals surface area (Å²) < 4.78 is 0. The minimum Gasteiger partial charge on any atom is -0.397 e. The summed E-state index contributed by atoms with van der Waals surface area (Å²) in [5.41, 5.74) is 0. The predicted molar refractivity (Wildman–Crippen MR) is 65.1 cm³/mol. The molecule has 2 nitrogen and oxygen atoms in total. The second kappa shape index (κ2) is 12.5. The van der Waals surface area contributed by atoms with Crippen molar-refractivity contribution in [2.45, 2.75) is 13.8 Å². The van der Waals surface area contributed by atoms with Crippen LogP contribution in [-0.2, 0) is 21.7 Å². The third-order valence-corrected chi connectivity index (χ3v) is 1.55. The maximum absolute atomic E-state index is 7.57. The van der Waals surface area contributed by atoms with Crippen LogP contribution in [0.3, 0.4) is 0 Å². The Balaban J connectivity index is 0. The zero-order valence-electron chi connectivity index (χ0n) is 9.85. The molecule has 0 aromatic heterocycles. The Hall–Kier alpha value is -0.536. The van der Waals surface area contributed by atoms with E-state index in [-0.39, 0.29) is 34.9 Å². The van der Waals surface area contributed by atoms with Gasteiger partial charge in [-0.3, -0.25) is 0 Å². The molecular weight excluding hydrogens is 236 g/mol. The van der Waals surface area contributed by atoms with Gasteiger partial charge in [-0.2, -0.15) is 17.5 Å². The molecule has 0 saturated carbocycles. The van der Waals surface area contributed by atoms with Crippen molar-refractivity contribution in [2.75, 3.05) is 13.2 Å². The molecule has 0 radical (unpaired) electrons. The first kappa shape index (κ1) is 17.8. The fraction of sp³-hybridized carbons (Fsp3) is 0.308. The van der Waals surface area contributed by atoms with Crippen LogP contribution < -0.4 is 0 Å². The Labute approximate surface area is 112 Å². The van der Waals surface area contributed by atoms with Gasteiger partial charge >= 0.3 is 0 Å². The quantitative estimate of drug-likeness (QED) is 0.561. The van der Waals surface area contributed by atoms with Crippen LogP contribution in [0.5, 0.6) is 0 Å². The molecule has 0 aliphatic rings. The van der Waals surface area contributed by atoms with Gasteiger partial charge < -0.3 is 10.2 Å². The van der Waals surface area contributed by atoms with E-state index < -0.39 is 0 Å². The molecule has 0 heterocycles. The molecule has 0 atom stereocenters. The van der Waals surface area contributed by atoms with Gasteiger partial charge in [0, 0.05) is 34.9 Å². The van der Waals surface area contributed by atoms with Crippen LogP contribution in [0, 0.1) is 0 Å². The summed E-state index contributed by atoms with van der Waals surface area (Å²) >= 11 is 0. The summed E-state index contributed by atoms with van der Waals surface area (Å²) in [6.45, 7) is 3.86. The first-order chi connectivity index (χ1) is 7.29. The smallest absolute Gasteiger partial charge is 0.0402 e. The Bertz CT molecular complexity index is 312. The predicted octanol–water partition coefficient (Wildman–Crippen LogP) is 2.55. The molecule has 0 aliphatic heterocycles. The van der Waals surface area contributed by atoms with Gasteiger partial charge in [0.25, 0.3) is 0 Å². The average molecular weight is 255 g/mol. The molecule has 0 aliphatic carbocycles. The molecule has 0 bridgehead atoms. The fourth-order valence-electron chi connectivity index (χ4n) is 1.07. The molecule has 0 saturated heterocycles. The topological polar surface area (TPSA) is 40.5 Å². The molecule has 2 aromatic rings. The zero-order valence-corrected chi connectivity index (χ0v) is 11.4. The summed E-state index contributed by atoms with van der Waals surface area (Å²) in [6.07, 6.45) is 0. The molecule has 0 amide bonds. The van der Waals surface area contributed by atoms with Gasteiger partial charge in [0.05, 0.1) is 0 Å². The number of hydrogen-bond acceptors (Lipinski definition) is 2. The van der Waals surface area contributed by atoms with Crippen LogP contribution in [0.4, 0.5) is 0 Å². The molecule has 2 aromatic carbocycles. The molecule has 0 unspecified atom stereocenters. The fourth-order valence-corrected chi connectivity index (χ4v) is 1.07. The minimum atomic E-state index is 0. The van der Waals surface area contributed by atoms with Crippen molar-refractivity contribution >= 4 is 10.8 Å². The van der Waals surface area contributed by atoms with Crippen molar-refractivity contribution in [2.24, 2.45) is 0 Å². The standard InChI is InChI=1S/C9H7.2C2H6O.Ti/c1-2-5-9-7-3-6-8(9)4-1;2*1-2-3;/h1-7H;2*3H,2H2,1H3;/q-1;;;. The summed E-state index contributed by atoms with van der Waals surface area (Å²) in [4.78, 5) is 0.